The third-order valence-electron chi connectivity index (χ3n) is 3.71. The van der Waals surface area contributed by atoms with Crippen LogP contribution in [-0.2, 0) is 17.9 Å². The van der Waals surface area contributed by atoms with Gasteiger partial charge in [0.15, 0.2) is 11.0 Å². The number of carbonyl (C=O) groups is 1. The van der Waals surface area contributed by atoms with Crippen LogP contribution >= 0.6 is 23.1 Å². The summed E-state index contributed by atoms with van der Waals surface area (Å²) in [4.78, 5) is 12.0. The third kappa shape index (κ3) is 4.49. The van der Waals surface area contributed by atoms with Crippen LogP contribution in [0.25, 0.3) is 11.4 Å². The van der Waals surface area contributed by atoms with Gasteiger partial charge in [0.05, 0.1) is 5.75 Å². The van der Waals surface area contributed by atoms with Gasteiger partial charge in [0.1, 0.15) is 0 Å². The highest BCUT2D eigenvalue weighted by molar-refractivity contribution is 7.99. The number of nitrogens with zero attached hydrogens (tertiary/aromatic N) is 3. The average Bonchev–Trinajstić information content (AvgIpc) is 3.27. The molecule has 25 heavy (non-hydrogen) atoms. The Kier molecular flexibility index (Phi) is 5.88. The molecule has 5 nitrogen and oxygen atoms in total. The maximum absolute atomic E-state index is 12.0. The summed E-state index contributed by atoms with van der Waals surface area (Å²) in [6, 6.07) is 10.2. The quantitative estimate of drug-likeness (QED) is 0.642. The van der Waals surface area contributed by atoms with Gasteiger partial charge in [-0.2, -0.15) is 11.3 Å². The van der Waals surface area contributed by atoms with Crippen molar-refractivity contribution in [3.05, 3.63) is 52.2 Å². The molecule has 2 heterocycles. The second kappa shape index (κ2) is 8.31. The number of amides is 1. The Bertz CT molecular complexity index is 843. The van der Waals surface area contributed by atoms with E-state index in [1.807, 2.05) is 33.5 Å². The number of hydrogen-bond acceptors (Lipinski definition) is 5. The maximum Gasteiger partial charge on any atom is 0.230 e. The van der Waals surface area contributed by atoms with Crippen LogP contribution in [-0.4, -0.2) is 26.4 Å². The van der Waals surface area contributed by atoms with E-state index in [9.17, 15) is 4.79 Å². The molecule has 3 aromatic rings. The number of thioether (sulfide) groups is 1. The summed E-state index contributed by atoms with van der Waals surface area (Å²) in [6.45, 7) is 5.44. The van der Waals surface area contributed by atoms with E-state index >= 15 is 0 Å². The maximum atomic E-state index is 12.0. The largest absolute Gasteiger partial charge is 0.351 e. The van der Waals surface area contributed by atoms with Crippen LogP contribution < -0.4 is 5.32 Å². The van der Waals surface area contributed by atoms with E-state index < -0.39 is 0 Å². The number of rotatable bonds is 7. The smallest absolute Gasteiger partial charge is 0.230 e. The van der Waals surface area contributed by atoms with E-state index in [0.717, 1.165) is 28.7 Å². The molecule has 130 valence electrons. The number of thiophene rings is 1. The van der Waals surface area contributed by atoms with Gasteiger partial charge in [-0.05, 0) is 42.3 Å². The SMILES string of the molecule is CCn1c(SCC(=O)NCc2ccsc2)nnc1-c1cccc(C)c1. The number of aryl methyl sites for hydroxylation is 1. The van der Waals surface area contributed by atoms with E-state index in [0.29, 0.717) is 12.3 Å². The van der Waals surface area contributed by atoms with Crippen molar-refractivity contribution in [3.63, 3.8) is 0 Å². The van der Waals surface area contributed by atoms with Gasteiger partial charge in [0.25, 0.3) is 0 Å². The lowest BCUT2D eigenvalue weighted by molar-refractivity contribution is -0.118. The molecule has 1 N–H and O–H groups in total. The molecule has 2 aromatic heterocycles. The minimum Gasteiger partial charge on any atom is -0.351 e. The van der Waals surface area contributed by atoms with Crippen molar-refractivity contribution in [2.24, 2.45) is 0 Å². The van der Waals surface area contributed by atoms with Crippen molar-refractivity contribution in [2.75, 3.05) is 5.75 Å². The molecule has 0 fully saturated rings. The van der Waals surface area contributed by atoms with Gasteiger partial charge in [-0.15, -0.1) is 10.2 Å². The first kappa shape index (κ1) is 17.7. The van der Waals surface area contributed by atoms with Crippen LogP contribution in [0.2, 0.25) is 0 Å². The zero-order valence-corrected chi connectivity index (χ0v) is 15.9. The fraction of sp³-hybridized carbons (Fsp3) is 0.278. The van der Waals surface area contributed by atoms with Gasteiger partial charge in [0.2, 0.25) is 5.91 Å². The van der Waals surface area contributed by atoms with Crippen LogP contribution in [0.1, 0.15) is 18.1 Å². The van der Waals surface area contributed by atoms with Crippen molar-refractivity contribution in [1.29, 1.82) is 0 Å². The van der Waals surface area contributed by atoms with Crippen molar-refractivity contribution in [3.8, 4) is 11.4 Å². The molecule has 0 aliphatic rings. The Balaban J connectivity index is 1.64. The first-order valence-electron chi connectivity index (χ1n) is 8.08. The topological polar surface area (TPSA) is 59.8 Å². The molecule has 1 aromatic carbocycles. The highest BCUT2D eigenvalue weighted by atomic mass is 32.2. The first-order chi connectivity index (χ1) is 12.2. The molecule has 0 aliphatic carbocycles. The summed E-state index contributed by atoms with van der Waals surface area (Å²) < 4.78 is 2.05. The average molecular weight is 373 g/mol. The lowest BCUT2D eigenvalue weighted by Crippen LogP contribution is -2.24. The molecular weight excluding hydrogens is 352 g/mol. The number of benzene rings is 1. The predicted molar refractivity (Wildman–Crippen MR) is 103 cm³/mol. The highest BCUT2D eigenvalue weighted by Crippen LogP contribution is 2.24. The second-order valence-corrected chi connectivity index (χ2v) is 7.34. The van der Waals surface area contributed by atoms with E-state index in [1.54, 1.807) is 11.3 Å². The monoisotopic (exact) mass is 372 g/mol. The van der Waals surface area contributed by atoms with Gasteiger partial charge in [-0.1, -0.05) is 35.5 Å². The summed E-state index contributed by atoms with van der Waals surface area (Å²) >= 11 is 3.05. The molecule has 1 amide bonds. The number of carbonyl (C=O) groups excluding carboxylic acids is 1. The van der Waals surface area contributed by atoms with E-state index in [1.165, 1.54) is 17.3 Å². The normalized spacial score (nSPS) is 10.8. The molecule has 0 aliphatic heterocycles. The van der Waals surface area contributed by atoms with Crippen LogP contribution in [0.15, 0.2) is 46.2 Å². The fourth-order valence-electron chi connectivity index (χ4n) is 2.45. The van der Waals surface area contributed by atoms with Gasteiger partial charge in [-0.3, -0.25) is 4.79 Å². The van der Waals surface area contributed by atoms with E-state index in [-0.39, 0.29) is 5.91 Å². The fourth-order valence-corrected chi connectivity index (χ4v) is 3.95. The van der Waals surface area contributed by atoms with E-state index in [2.05, 4.69) is 41.5 Å². The van der Waals surface area contributed by atoms with Crippen molar-refractivity contribution >= 4 is 29.0 Å². The Morgan fingerprint density at radius 3 is 2.92 bits per heavy atom. The number of hydrogen-bond donors (Lipinski definition) is 1. The Hall–Kier alpha value is -2.12. The summed E-state index contributed by atoms with van der Waals surface area (Å²) in [5.74, 6) is 1.17. The molecule has 0 unspecified atom stereocenters. The van der Waals surface area contributed by atoms with Crippen molar-refractivity contribution in [1.82, 2.24) is 20.1 Å². The molecular formula is C18H20N4OS2. The van der Waals surface area contributed by atoms with Crippen molar-refractivity contribution in [2.45, 2.75) is 32.1 Å². The minimum atomic E-state index is -0.000964. The first-order valence-corrected chi connectivity index (χ1v) is 10.0. The van der Waals surface area contributed by atoms with Gasteiger partial charge in [0, 0.05) is 18.7 Å². The predicted octanol–water partition coefficient (Wildman–Crippen LogP) is 3.74. The molecule has 0 saturated carbocycles. The van der Waals surface area contributed by atoms with Crippen LogP contribution in [0.3, 0.4) is 0 Å². The Morgan fingerprint density at radius 1 is 1.32 bits per heavy atom. The summed E-state index contributed by atoms with van der Waals surface area (Å²) in [6.07, 6.45) is 0. The van der Waals surface area contributed by atoms with Gasteiger partial charge >= 0.3 is 0 Å². The number of aromatic nitrogens is 3. The molecule has 0 radical (unpaired) electrons. The molecule has 0 bridgehead atoms. The van der Waals surface area contributed by atoms with Crippen LogP contribution in [0.4, 0.5) is 0 Å². The van der Waals surface area contributed by atoms with Gasteiger partial charge in [-0.25, -0.2) is 0 Å². The summed E-state index contributed by atoms with van der Waals surface area (Å²) in [5.41, 5.74) is 3.36. The molecule has 0 spiro atoms. The molecule has 7 heteroatoms. The number of nitrogens with one attached hydrogen (secondary N) is 1. The highest BCUT2D eigenvalue weighted by Gasteiger charge is 2.14. The zero-order valence-electron chi connectivity index (χ0n) is 14.2. The van der Waals surface area contributed by atoms with Crippen LogP contribution in [0, 0.1) is 6.92 Å². The lowest BCUT2D eigenvalue weighted by Gasteiger charge is -2.08. The molecule has 0 atom stereocenters. The Morgan fingerprint density at radius 2 is 2.20 bits per heavy atom. The third-order valence-corrected chi connectivity index (χ3v) is 5.41. The summed E-state index contributed by atoms with van der Waals surface area (Å²) in [5, 5.41) is 16.3. The van der Waals surface area contributed by atoms with Gasteiger partial charge < -0.3 is 9.88 Å². The standard InChI is InChI=1S/C18H20N4OS2/c1-3-22-17(15-6-4-5-13(2)9-15)20-21-18(22)25-12-16(23)19-10-14-7-8-24-11-14/h4-9,11H,3,10,12H2,1-2H3,(H,19,23). The molecule has 3 rings (SSSR count). The van der Waals surface area contributed by atoms with Crippen LogP contribution in [0.5, 0.6) is 0 Å². The van der Waals surface area contributed by atoms with Crippen molar-refractivity contribution < 1.29 is 4.79 Å². The Labute approximate surface area is 155 Å². The zero-order chi connectivity index (χ0) is 17.6. The van der Waals surface area contributed by atoms with E-state index in [4.69, 9.17) is 0 Å². The minimum absolute atomic E-state index is 0.000964. The molecule has 0 saturated heterocycles. The lowest BCUT2D eigenvalue weighted by atomic mass is 10.1. The second-order valence-electron chi connectivity index (χ2n) is 5.62. The summed E-state index contributed by atoms with van der Waals surface area (Å²) in [7, 11) is 0.